The number of amides is 1. The Morgan fingerprint density at radius 3 is 3.06 bits per heavy atom. The molecule has 2 N–H and O–H groups in total. The van der Waals surface area contributed by atoms with E-state index in [0.29, 0.717) is 17.9 Å². The molecule has 0 fully saturated rings. The molecular weight excluding hydrogens is 222 g/mol. The molecule has 0 spiro atoms. The number of carbonyl (C=O) groups excluding carboxylic acids is 1. The Bertz CT molecular complexity index is 344. The van der Waals surface area contributed by atoms with Gasteiger partial charge >= 0.3 is 0 Å². The molecule has 0 aliphatic heterocycles. The summed E-state index contributed by atoms with van der Waals surface area (Å²) in [5, 5.41) is 5.78. The van der Waals surface area contributed by atoms with E-state index in [4.69, 9.17) is 0 Å². The lowest BCUT2D eigenvalue weighted by molar-refractivity contribution is 0.0954. The minimum absolute atomic E-state index is 0.0708. The Kier molecular flexibility index (Phi) is 5.71. The van der Waals surface area contributed by atoms with Crippen LogP contribution in [0.3, 0.4) is 0 Å². The number of nitrogens with one attached hydrogen (secondary N) is 2. The maximum Gasteiger partial charge on any atom is 0.255 e. The Hall–Kier alpha value is -1.23. The average Bonchev–Trinajstić information content (AvgIpc) is 2.34. The van der Waals surface area contributed by atoms with E-state index >= 15 is 0 Å². The van der Waals surface area contributed by atoms with E-state index in [1.807, 2.05) is 0 Å². The molecule has 0 radical (unpaired) electrons. The van der Waals surface area contributed by atoms with Crippen molar-refractivity contribution in [2.24, 2.45) is 0 Å². The molecule has 5 heteroatoms. The van der Waals surface area contributed by atoms with Gasteiger partial charge in [0.1, 0.15) is 5.82 Å². The van der Waals surface area contributed by atoms with Crippen LogP contribution in [0.2, 0.25) is 0 Å². The monoisotopic (exact) mass is 239 g/mol. The smallest absolute Gasteiger partial charge is 0.255 e. The summed E-state index contributed by atoms with van der Waals surface area (Å²) in [5.74, 6) is 1.61. The Balaban J connectivity index is 2.52. The Labute approximate surface area is 100 Å². The maximum absolute atomic E-state index is 11.8. The van der Waals surface area contributed by atoms with Gasteiger partial charge in [0.2, 0.25) is 0 Å². The second kappa shape index (κ2) is 7.11. The first-order valence-electron chi connectivity index (χ1n) is 5.19. The third kappa shape index (κ3) is 3.73. The average molecular weight is 239 g/mol. The number of nitrogens with zero attached hydrogens (tertiary/aromatic N) is 1. The highest BCUT2D eigenvalue weighted by molar-refractivity contribution is 7.98. The van der Waals surface area contributed by atoms with E-state index in [-0.39, 0.29) is 5.91 Å². The second-order valence-corrected chi connectivity index (χ2v) is 4.24. The fourth-order valence-corrected chi connectivity index (χ4v) is 1.73. The highest BCUT2D eigenvalue weighted by Crippen LogP contribution is 2.09. The summed E-state index contributed by atoms with van der Waals surface area (Å²) in [7, 11) is 1.76. The summed E-state index contributed by atoms with van der Waals surface area (Å²) >= 11 is 1.78. The van der Waals surface area contributed by atoms with Crippen LogP contribution in [0.25, 0.3) is 0 Å². The molecule has 0 aliphatic rings. The minimum Gasteiger partial charge on any atom is -0.372 e. The SMILES string of the molecule is CNc1ncccc1C(=O)NCCCSC. The lowest BCUT2D eigenvalue weighted by Crippen LogP contribution is -2.25. The molecule has 0 aliphatic carbocycles. The molecule has 16 heavy (non-hydrogen) atoms. The molecule has 88 valence electrons. The molecule has 0 saturated carbocycles. The maximum atomic E-state index is 11.8. The third-order valence-electron chi connectivity index (χ3n) is 2.10. The lowest BCUT2D eigenvalue weighted by atomic mass is 10.2. The van der Waals surface area contributed by atoms with E-state index in [9.17, 15) is 4.79 Å². The zero-order valence-corrected chi connectivity index (χ0v) is 10.4. The first-order valence-corrected chi connectivity index (χ1v) is 6.59. The van der Waals surface area contributed by atoms with E-state index in [1.54, 1.807) is 37.1 Å². The van der Waals surface area contributed by atoms with Crippen molar-refractivity contribution in [3.63, 3.8) is 0 Å². The third-order valence-corrected chi connectivity index (χ3v) is 2.80. The molecule has 1 heterocycles. The van der Waals surface area contributed by atoms with Crippen molar-refractivity contribution in [1.29, 1.82) is 0 Å². The van der Waals surface area contributed by atoms with Gasteiger partial charge in [-0.25, -0.2) is 4.98 Å². The van der Waals surface area contributed by atoms with E-state index in [0.717, 1.165) is 12.2 Å². The number of pyridine rings is 1. The number of rotatable bonds is 6. The zero-order chi connectivity index (χ0) is 11.8. The number of thioether (sulfide) groups is 1. The van der Waals surface area contributed by atoms with Gasteiger partial charge in [-0.2, -0.15) is 11.8 Å². The van der Waals surface area contributed by atoms with Gasteiger partial charge in [0.25, 0.3) is 5.91 Å². The molecule has 4 nitrogen and oxygen atoms in total. The van der Waals surface area contributed by atoms with Crippen molar-refractivity contribution in [1.82, 2.24) is 10.3 Å². The van der Waals surface area contributed by atoms with Crippen LogP contribution in [0.1, 0.15) is 16.8 Å². The van der Waals surface area contributed by atoms with Gasteiger partial charge in [-0.15, -0.1) is 0 Å². The van der Waals surface area contributed by atoms with E-state index in [2.05, 4.69) is 21.9 Å². The summed E-state index contributed by atoms with van der Waals surface area (Å²) in [5.41, 5.74) is 0.592. The van der Waals surface area contributed by atoms with Crippen molar-refractivity contribution in [3.05, 3.63) is 23.9 Å². The van der Waals surface area contributed by atoms with Gasteiger partial charge < -0.3 is 10.6 Å². The van der Waals surface area contributed by atoms with Gasteiger partial charge in [-0.3, -0.25) is 4.79 Å². The molecule has 1 aromatic heterocycles. The summed E-state index contributed by atoms with van der Waals surface area (Å²) in [4.78, 5) is 15.9. The predicted molar refractivity (Wildman–Crippen MR) is 69.1 cm³/mol. The largest absolute Gasteiger partial charge is 0.372 e. The fourth-order valence-electron chi connectivity index (χ4n) is 1.30. The Morgan fingerprint density at radius 2 is 2.38 bits per heavy atom. The highest BCUT2D eigenvalue weighted by atomic mass is 32.2. The molecule has 0 atom stereocenters. The van der Waals surface area contributed by atoms with Crippen molar-refractivity contribution in [2.45, 2.75) is 6.42 Å². The number of anilines is 1. The fraction of sp³-hybridized carbons (Fsp3) is 0.455. The van der Waals surface area contributed by atoms with Crippen LogP contribution in [0.5, 0.6) is 0 Å². The van der Waals surface area contributed by atoms with Crippen molar-refractivity contribution in [2.75, 3.05) is 30.9 Å². The van der Waals surface area contributed by atoms with E-state index < -0.39 is 0 Å². The van der Waals surface area contributed by atoms with Crippen LogP contribution < -0.4 is 10.6 Å². The topological polar surface area (TPSA) is 54.0 Å². The zero-order valence-electron chi connectivity index (χ0n) is 9.62. The van der Waals surface area contributed by atoms with Crippen molar-refractivity contribution < 1.29 is 4.79 Å². The number of hydrogen-bond acceptors (Lipinski definition) is 4. The van der Waals surface area contributed by atoms with Crippen LogP contribution in [0.15, 0.2) is 18.3 Å². The van der Waals surface area contributed by atoms with Gasteiger partial charge in [-0.05, 0) is 30.6 Å². The lowest BCUT2D eigenvalue weighted by Gasteiger charge is -2.08. The van der Waals surface area contributed by atoms with E-state index in [1.165, 1.54) is 0 Å². The number of hydrogen-bond donors (Lipinski definition) is 2. The molecule has 0 aromatic carbocycles. The molecular formula is C11H17N3OS. The number of aromatic nitrogens is 1. The first-order chi connectivity index (χ1) is 7.79. The van der Waals surface area contributed by atoms with Crippen molar-refractivity contribution in [3.8, 4) is 0 Å². The van der Waals surface area contributed by atoms with Gasteiger partial charge in [-0.1, -0.05) is 0 Å². The van der Waals surface area contributed by atoms with Gasteiger partial charge in [0, 0.05) is 19.8 Å². The summed E-state index contributed by atoms with van der Waals surface area (Å²) < 4.78 is 0. The minimum atomic E-state index is -0.0708. The van der Waals surface area contributed by atoms with Crippen molar-refractivity contribution >= 4 is 23.5 Å². The summed E-state index contributed by atoms with van der Waals surface area (Å²) in [6.45, 7) is 0.706. The van der Waals surface area contributed by atoms with Crippen LogP contribution in [-0.2, 0) is 0 Å². The predicted octanol–water partition coefficient (Wildman–Crippen LogP) is 1.61. The van der Waals surface area contributed by atoms with Gasteiger partial charge in [0.05, 0.1) is 5.56 Å². The normalized spacial score (nSPS) is 9.88. The molecule has 1 aromatic rings. The van der Waals surface area contributed by atoms with Gasteiger partial charge in [0.15, 0.2) is 0 Å². The molecule has 1 amide bonds. The van der Waals surface area contributed by atoms with Crippen LogP contribution >= 0.6 is 11.8 Å². The standard InChI is InChI=1S/C11H17N3OS/c1-12-10-9(5-3-6-13-10)11(15)14-7-4-8-16-2/h3,5-6H,4,7-8H2,1-2H3,(H,12,13)(H,14,15). The highest BCUT2D eigenvalue weighted by Gasteiger charge is 2.09. The first kappa shape index (κ1) is 12.8. The second-order valence-electron chi connectivity index (χ2n) is 3.25. The summed E-state index contributed by atoms with van der Waals surface area (Å²) in [6.07, 6.45) is 4.71. The molecule has 1 rings (SSSR count). The van der Waals surface area contributed by atoms with Crippen LogP contribution in [-0.4, -0.2) is 36.5 Å². The van der Waals surface area contributed by atoms with Crippen LogP contribution in [0.4, 0.5) is 5.82 Å². The number of carbonyl (C=O) groups is 1. The molecule has 0 bridgehead atoms. The molecule has 0 unspecified atom stereocenters. The van der Waals surface area contributed by atoms with Crippen LogP contribution in [0, 0.1) is 0 Å². The molecule has 0 saturated heterocycles. The quantitative estimate of drug-likeness (QED) is 0.740. The Morgan fingerprint density at radius 1 is 1.56 bits per heavy atom. The summed E-state index contributed by atoms with van der Waals surface area (Å²) in [6, 6.07) is 3.53.